The van der Waals surface area contributed by atoms with Crippen LogP contribution < -0.4 is 20.1 Å². The molecule has 0 amide bonds. The van der Waals surface area contributed by atoms with Gasteiger partial charge in [0.1, 0.15) is 0 Å². The van der Waals surface area contributed by atoms with Crippen LogP contribution in [0.25, 0.3) is 0 Å². The molecular formula is C21H38N4O2. The maximum absolute atomic E-state index is 5.45. The normalized spacial score (nSPS) is 14.2. The molecular weight excluding hydrogens is 340 g/mol. The number of hydrogen-bond donors (Lipinski definition) is 2. The molecule has 0 spiro atoms. The van der Waals surface area contributed by atoms with Crippen LogP contribution in [0.3, 0.4) is 0 Å². The van der Waals surface area contributed by atoms with E-state index < -0.39 is 0 Å². The van der Waals surface area contributed by atoms with Crippen LogP contribution in [-0.2, 0) is 0 Å². The second-order valence-corrected chi connectivity index (χ2v) is 7.56. The Hall–Kier alpha value is -1.95. The van der Waals surface area contributed by atoms with Gasteiger partial charge in [0.25, 0.3) is 0 Å². The first kappa shape index (κ1) is 23.1. The summed E-state index contributed by atoms with van der Waals surface area (Å²) >= 11 is 0. The van der Waals surface area contributed by atoms with E-state index in [1.165, 1.54) is 6.42 Å². The van der Waals surface area contributed by atoms with E-state index >= 15 is 0 Å². The number of guanidine groups is 1. The Bertz CT molecular complexity index is 588. The Morgan fingerprint density at radius 1 is 1.07 bits per heavy atom. The second-order valence-electron chi connectivity index (χ2n) is 7.56. The number of nitrogens with one attached hydrogen (secondary N) is 2. The van der Waals surface area contributed by atoms with E-state index in [-0.39, 0.29) is 6.04 Å². The molecule has 2 unspecified atom stereocenters. The number of aliphatic imine (C=N–C) groups is 1. The Labute approximate surface area is 165 Å². The predicted molar refractivity (Wildman–Crippen MR) is 114 cm³/mol. The van der Waals surface area contributed by atoms with Gasteiger partial charge in [0.2, 0.25) is 0 Å². The zero-order valence-electron chi connectivity index (χ0n) is 18.3. The molecule has 154 valence electrons. The average Bonchev–Trinajstić information content (AvgIpc) is 2.64. The first-order chi connectivity index (χ1) is 12.8. The molecule has 0 radical (unpaired) electrons. The standard InChI is InChI=1S/C21H38N4O2/c1-15(2)9-10-16(3)24-21(22-4)23-14-18(25(5)6)17-11-12-19(26-7)20(13-17)27-8/h11-13,15-16,18H,9-10,14H2,1-8H3,(H2,22,23,24). The smallest absolute Gasteiger partial charge is 0.191 e. The van der Waals surface area contributed by atoms with Gasteiger partial charge in [0.05, 0.1) is 20.3 Å². The van der Waals surface area contributed by atoms with Crippen molar-refractivity contribution in [2.75, 3.05) is 41.9 Å². The minimum atomic E-state index is 0.175. The summed E-state index contributed by atoms with van der Waals surface area (Å²) in [6, 6.07) is 6.62. The highest BCUT2D eigenvalue weighted by molar-refractivity contribution is 5.80. The van der Waals surface area contributed by atoms with Gasteiger partial charge < -0.3 is 25.0 Å². The molecule has 1 rings (SSSR count). The van der Waals surface area contributed by atoms with Gasteiger partial charge in [-0.3, -0.25) is 4.99 Å². The number of hydrogen-bond acceptors (Lipinski definition) is 4. The number of methoxy groups -OCH3 is 2. The molecule has 0 aliphatic rings. The summed E-state index contributed by atoms with van der Waals surface area (Å²) < 4.78 is 10.8. The van der Waals surface area contributed by atoms with E-state index in [0.717, 1.165) is 36.0 Å². The van der Waals surface area contributed by atoms with Gasteiger partial charge in [-0.15, -0.1) is 0 Å². The molecule has 6 nitrogen and oxygen atoms in total. The Morgan fingerprint density at radius 3 is 2.26 bits per heavy atom. The number of nitrogens with zero attached hydrogens (tertiary/aromatic N) is 2. The molecule has 0 aromatic heterocycles. The van der Waals surface area contributed by atoms with Gasteiger partial charge in [-0.2, -0.15) is 0 Å². The van der Waals surface area contributed by atoms with Gasteiger partial charge >= 0.3 is 0 Å². The fourth-order valence-electron chi connectivity index (χ4n) is 2.94. The molecule has 1 aromatic carbocycles. The van der Waals surface area contributed by atoms with Gasteiger partial charge in [0, 0.05) is 19.6 Å². The van der Waals surface area contributed by atoms with Crippen molar-refractivity contribution in [2.45, 2.75) is 45.7 Å². The van der Waals surface area contributed by atoms with Gasteiger partial charge in [0.15, 0.2) is 17.5 Å². The minimum absolute atomic E-state index is 0.175. The van der Waals surface area contributed by atoms with Gasteiger partial charge in [-0.05, 0) is 57.5 Å². The zero-order valence-corrected chi connectivity index (χ0v) is 18.3. The topological polar surface area (TPSA) is 58.1 Å². The van der Waals surface area contributed by atoms with Crippen molar-refractivity contribution in [2.24, 2.45) is 10.9 Å². The van der Waals surface area contributed by atoms with Crippen LogP contribution >= 0.6 is 0 Å². The van der Waals surface area contributed by atoms with Crippen molar-refractivity contribution in [3.63, 3.8) is 0 Å². The lowest BCUT2D eigenvalue weighted by Gasteiger charge is -2.27. The van der Waals surface area contributed by atoms with Crippen LogP contribution in [0.15, 0.2) is 23.2 Å². The highest BCUT2D eigenvalue weighted by atomic mass is 16.5. The predicted octanol–water partition coefficient (Wildman–Crippen LogP) is 3.30. The highest BCUT2D eigenvalue weighted by Gasteiger charge is 2.17. The molecule has 0 aliphatic heterocycles. The molecule has 0 fully saturated rings. The highest BCUT2D eigenvalue weighted by Crippen LogP contribution is 2.31. The molecule has 0 bridgehead atoms. The van der Waals surface area contributed by atoms with E-state index in [2.05, 4.69) is 61.5 Å². The molecule has 27 heavy (non-hydrogen) atoms. The summed E-state index contributed by atoms with van der Waals surface area (Å²) in [5, 5.41) is 6.94. The monoisotopic (exact) mass is 378 g/mol. The molecule has 2 N–H and O–H groups in total. The Kier molecular flexibility index (Phi) is 10.0. The number of likely N-dealkylation sites (N-methyl/N-ethyl adjacent to an activating group) is 1. The van der Waals surface area contributed by atoms with E-state index in [4.69, 9.17) is 9.47 Å². The summed E-state index contributed by atoms with van der Waals surface area (Å²) in [5.41, 5.74) is 1.16. The van der Waals surface area contributed by atoms with E-state index in [1.807, 2.05) is 19.2 Å². The molecule has 6 heteroatoms. The molecule has 1 aromatic rings. The van der Waals surface area contributed by atoms with Crippen molar-refractivity contribution in [1.82, 2.24) is 15.5 Å². The lowest BCUT2D eigenvalue weighted by Crippen LogP contribution is -2.45. The van der Waals surface area contributed by atoms with Crippen molar-refractivity contribution in [3.8, 4) is 11.5 Å². The molecule has 0 aliphatic carbocycles. The van der Waals surface area contributed by atoms with Crippen LogP contribution in [0.1, 0.15) is 45.2 Å². The lowest BCUT2D eigenvalue weighted by atomic mass is 10.0. The maximum Gasteiger partial charge on any atom is 0.191 e. The minimum Gasteiger partial charge on any atom is -0.493 e. The first-order valence-electron chi connectivity index (χ1n) is 9.67. The quantitative estimate of drug-likeness (QED) is 0.483. The summed E-state index contributed by atoms with van der Waals surface area (Å²) in [5.74, 6) is 3.03. The van der Waals surface area contributed by atoms with Crippen molar-refractivity contribution >= 4 is 5.96 Å². The zero-order chi connectivity index (χ0) is 20.4. The van der Waals surface area contributed by atoms with Crippen molar-refractivity contribution < 1.29 is 9.47 Å². The largest absolute Gasteiger partial charge is 0.493 e. The molecule has 2 atom stereocenters. The van der Waals surface area contributed by atoms with E-state index in [0.29, 0.717) is 12.0 Å². The Balaban J connectivity index is 2.77. The number of ether oxygens (including phenoxy) is 2. The third-order valence-electron chi connectivity index (χ3n) is 4.66. The molecule has 0 saturated heterocycles. The second kappa shape index (κ2) is 11.7. The van der Waals surface area contributed by atoms with Crippen LogP contribution in [0, 0.1) is 5.92 Å². The summed E-state index contributed by atoms with van der Waals surface area (Å²) in [4.78, 5) is 6.56. The molecule has 0 saturated carbocycles. The van der Waals surface area contributed by atoms with Crippen LogP contribution in [0.5, 0.6) is 11.5 Å². The molecule has 0 heterocycles. The average molecular weight is 379 g/mol. The van der Waals surface area contributed by atoms with Crippen molar-refractivity contribution in [3.05, 3.63) is 23.8 Å². The van der Waals surface area contributed by atoms with E-state index in [1.54, 1.807) is 14.2 Å². The third kappa shape index (κ3) is 7.67. The SMILES string of the molecule is CN=C(NCC(c1ccc(OC)c(OC)c1)N(C)C)NC(C)CCC(C)C. The maximum atomic E-state index is 5.45. The van der Waals surface area contributed by atoms with Gasteiger partial charge in [-0.1, -0.05) is 19.9 Å². The summed E-state index contributed by atoms with van der Waals surface area (Å²) in [6.07, 6.45) is 2.34. The number of benzene rings is 1. The Morgan fingerprint density at radius 2 is 1.74 bits per heavy atom. The fourth-order valence-corrected chi connectivity index (χ4v) is 2.94. The van der Waals surface area contributed by atoms with E-state index in [9.17, 15) is 0 Å². The summed E-state index contributed by atoms with van der Waals surface area (Å²) in [6.45, 7) is 7.45. The van der Waals surface area contributed by atoms with Crippen LogP contribution in [-0.4, -0.2) is 58.8 Å². The van der Waals surface area contributed by atoms with Crippen LogP contribution in [0.2, 0.25) is 0 Å². The van der Waals surface area contributed by atoms with Crippen molar-refractivity contribution in [1.29, 1.82) is 0 Å². The lowest BCUT2D eigenvalue weighted by molar-refractivity contribution is 0.295. The third-order valence-corrected chi connectivity index (χ3v) is 4.66. The van der Waals surface area contributed by atoms with Gasteiger partial charge in [-0.25, -0.2) is 0 Å². The number of rotatable bonds is 10. The fraction of sp³-hybridized carbons (Fsp3) is 0.667. The first-order valence-corrected chi connectivity index (χ1v) is 9.67. The van der Waals surface area contributed by atoms with Crippen LogP contribution in [0.4, 0.5) is 0 Å². The summed E-state index contributed by atoms with van der Waals surface area (Å²) in [7, 11) is 9.27.